The van der Waals surface area contributed by atoms with Crippen molar-refractivity contribution >= 4 is 33.4 Å². The molecule has 0 bridgehead atoms. The molecule has 0 aliphatic carbocycles. The van der Waals surface area contributed by atoms with E-state index in [1.165, 1.54) is 9.80 Å². The number of nitrogens with zero attached hydrogens (tertiary/aromatic N) is 3. The number of aryl methyl sites for hydroxylation is 1. The van der Waals surface area contributed by atoms with Gasteiger partial charge in [0.05, 0.1) is 11.5 Å². The maximum Gasteiger partial charge on any atom is 0.332 e. The molecule has 0 N–H and O–H groups in total. The highest BCUT2D eigenvalue weighted by molar-refractivity contribution is 7.91. The van der Waals surface area contributed by atoms with Crippen molar-refractivity contribution in [3.8, 4) is 0 Å². The van der Waals surface area contributed by atoms with Crippen LogP contribution in [-0.2, 0) is 19.4 Å². The van der Waals surface area contributed by atoms with Crippen LogP contribution < -0.4 is 4.90 Å². The van der Waals surface area contributed by atoms with Gasteiger partial charge in [-0.1, -0.05) is 31.5 Å². The third-order valence-corrected chi connectivity index (χ3v) is 7.33. The summed E-state index contributed by atoms with van der Waals surface area (Å²) in [7, 11) is -3.17. The fraction of sp³-hybridized carbons (Fsp3) is 0.571. The van der Waals surface area contributed by atoms with Crippen LogP contribution in [0.3, 0.4) is 0 Å². The minimum Gasteiger partial charge on any atom is -0.337 e. The zero-order valence-electron chi connectivity index (χ0n) is 17.9. The highest BCUT2D eigenvalue weighted by Crippen LogP contribution is 2.27. The van der Waals surface area contributed by atoms with Gasteiger partial charge in [0, 0.05) is 18.3 Å². The van der Waals surface area contributed by atoms with E-state index in [-0.39, 0.29) is 24.0 Å². The first kappa shape index (κ1) is 22.3. The molecule has 0 aromatic heterocycles. The molecule has 9 heteroatoms. The summed E-state index contributed by atoms with van der Waals surface area (Å²) < 4.78 is 23.8. The molecule has 0 unspecified atom stereocenters. The van der Waals surface area contributed by atoms with Gasteiger partial charge in [-0.05, 0) is 38.3 Å². The Kier molecular flexibility index (Phi) is 6.21. The predicted molar refractivity (Wildman–Crippen MR) is 114 cm³/mol. The van der Waals surface area contributed by atoms with Crippen LogP contribution >= 0.6 is 0 Å². The number of carbonyl (C=O) groups is 3. The van der Waals surface area contributed by atoms with Crippen molar-refractivity contribution < 1.29 is 22.8 Å². The summed E-state index contributed by atoms with van der Waals surface area (Å²) in [6, 6.07) is 5.61. The molecule has 164 valence electrons. The number of amides is 4. The summed E-state index contributed by atoms with van der Waals surface area (Å²) in [4.78, 5) is 42.7. The van der Waals surface area contributed by atoms with Crippen LogP contribution in [0.5, 0.6) is 0 Å². The monoisotopic (exact) mass is 435 g/mol. The van der Waals surface area contributed by atoms with E-state index >= 15 is 0 Å². The molecule has 2 fully saturated rings. The Balaban J connectivity index is 1.79. The Labute approximate surface area is 177 Å². The smallest absolute Gasteiger partial charge is 0.332 e. The molecule has 0 saturated carbocycles. The lowest BCUT2D eigenvalue weighted by atomic mass is 10.1. The second kappa shape index (κ2) is 8.37. The third kappa shape index (κ3) is 4.50. The second-order valence-electron chi connectivity index (χ2n) is 8.59. The van der Waals surface area contributed by atoms with Gasteiger partial charge in [-0.15, -0.1) is 0 Å². The summed E-state index contributed by atoms with van der Waals surface area (Å²) in [6.07, 6.45) is 0.384. The topological polar surface area (TPSA) is 95.1 Å². The molecular formula is C21H29N3O5S. The van der Waals surface area contributed by atoms with E-state index in [2.05, 4.69) is 0 Å². The third-order valence-electron chi connectivity index (χ3n) is 5.58. The normalized spacial score (nSPS) is 23.5. The molecule has 0 radical (unpaired) electrons. The van der Waals surface area contributed by atoms with Crippen molar-refractivity contribution in [2.24, 2.45) is 5.92 Å². The molecule has 0 spiro atoms. The molecule has 30 heavy (non-hydrogen) atoms. The van der Waals surface area contributed by atoms with Crippen molar-refractivity contribution in [3.63, 3.8) is 0 Å². The molecule has 2 atom stereocenters. The molecular weight excluding hydrogens is 406 g/mol. The lowest BCUT2D eigenvalue weighted by molar-refractivity contribution is -0.138. The first-order valence-corrected chi connectivity index (χ1v) is 12.0. The molecule has 1 aromatic rings. The highest BCUT2D eigenvalue weighted by atomic mass is 32.2. The largest absolute Gasteiger partial charge is 0.337 e. The SMILES string of the molecule is Cc1ccc(N2C(=O)N(CC(=O)N(CC(C)C)[C@@H]3CCS(=O)(=O)C3)C(=O)[C@H]2C)cc1. The molecule has 2 heterocycles. The Morgan fingerprint density at radius 1 is 1.20 bits per heavy atom. The highest BCUT2D eigenvalue weighted by Gasteiger charge is 2.45. The van der Waals surface area contributed by atoms with Crippen molar-refractivity contribution in [3.05, 3.63) is 29.8 Å². The van der Waals surface area contributed by atoms with Crippen LogP contribution in [0.25, 0.3) is 0 Å². The maximum atomic E-state index is 13.1. The number of sulfone groups is 1. The van der Waals surface area contributed by atoms with Crippen LogP contribution in [0, 0.1) is 12.8 Å². The van der Waals surface area contributed by atoms with Gasteiger partial charge >= 0.3 is 6.03 Å². The zero-order chi connectivity index (χ0) is 22.2. The van der Waals surface area contributed by atoms with E-state index in [0.717, 1.165) is 10.5 Å². The number of anilines is 1. The van der Waals surface area contributed by atoms with Crippen LogP contribution in [0.4, 0.5) is 10.5 Å². The van der Waals surface area contributed by atoms with Gasteiger partial charge < -0.3 is 4.90 Å². The van der Waals surface area contributed by atoms with E-state index in [1.54, 1.807) is 19.1 Å². The van der Waals surface area contributed by atoms with Gasteiger partial charge in [0.15, 0.2) is 9.84 Å². The lowest BCUT2D eigenvalue weighted by Gasteiger charge is -2.31. The molecule has 1 aromatic carbocycles. The fourth-order valence-corrected chi connectivity index (χ4v) is 5.74. The Bertz CT molecular complexity index is 942. The molecule has 2 aliphatic rings. The number of imide groups is 1. The molecule has 8 nitrogen and oxygen atoms in total. The van der Waals surface area contributed by atoms with Gasteiger partial charge in [0.1, 0.15) is 12.6 Å². The van der Waals surface area contributed by atoms with E-state index < -0.39 is 39.8 Å². The summed E-state index contributed by atoms with van der Waals surface area (Å²) in [5, 5.41) is 0. The molecule has 2 aliphatic heterocycles. The second-order valence-corrected chi connectivity index (χ2v) is 10.8. The standard InChI is InChI=1S/C21H29N3O5S/c1-14(2)11-22(18-9-10-30(28,29)13-18)19(25)12-23-20(26)16(4)24(21(23)27)17-7-5-15(3)6-8-17/h5-8,14,16,18H,9-13H2,1-4H3/t16-,18-/m1/s1. The van der Waals surface area contributed by atoms with Gasteiger partial charge in [-0.3, -0.25) is 19.4 Å². The summed E-state index contributed by atoms with van der Waals surface area (Å²) >= 11 is 0. The number of hydrogen-bond donors (Lipinski definition) is 0. The van der Waals surface area contributed by atoms with Gasteiger partial charge in [-0.2, -0.15) is 0 Å². The van der Waals surface area contributed by atoms with Crippen LogP contribution in [0.2, 0.25) is 0 Å². The van der Waals surface area contributed by atoms with Crippen LogP contribution in [0.1, 0.15) is 32.8 Å². The Morgan fingerprint density at radius 3 is 2.37 bits per heavy atom. The van der Waals surface area contributed by atoms with E-state index in [0.29, 0.717) is 18.7 Å². The predicted octanol–water partition coefficient (Wildman–Crippen LogP) is 1.82. The van der Waals surface area contributed by atoms with E-state index in [9.17, 15) is 22.8 Å². The first-order chi connectivity index (χ1) is 14.0. The Morgan fingerprint density at radius 2 is 1.83 bits per heavy atom. The average Bonchev–Trinajstić information content (AvgIpc) is 3.12. The molecule has 2 saturated heterocycles. The minimum absolute atomic E-state index is 0.0549. The van der Waals surface area contributed by atoms with Crippen molar-refractivity contribution in [1.29, 1.82) is 0 Å². The lowest BCUT2D eigenvalue weighted by Crippen LogP contribution is -2.49. The van der Waals surface area contributed by atoms with E-state index in [1.807, 2.05) is 32.9 Å². The number of hydrogen-bond acceptors (Lipinski definition) is 5. The van der Waals surface area contributed by atoms with Gasteiger partial charge in [-0.25, -0.2) is 13.2 Å². The van der Waals surface area contributed by atoms with Gasteiger partial charge in [0.25, 0.3) is 5.91 Å². The summed E-state index contributed by atoms with van der Waals surface area (Å²) in [5.74, 6) is -0.716. The van der Waals surface area contributed by atoms with Crippen molar-refractivity contribution in [2.45, 2.75) is 46.2 Å². The fourth-order valence-electron chi connectivity index (χ4n) is 4.01. The van der Waals surface area contributed by atoms with Crippen molar-refractivity contribution in [2.75, 3.05) is 29.5 Å². The molecule has 4 amide bonds. The van der Waals surface area contributed by atoms with E-state index in [4.69, 9.17) is 0 Å². The Hall–Kier alpha value is -2.42. The summed E-state index contributed by atoms with van der Waals surface area (Å²) in [5.41, 5.74) is 1.63. The zero-order valence-corrected chi connectivity index (χ0v) is 18.7. The van der Waals surface area contributed by atoms with Crippen LogP contribution in [0.15, 0.2) is 24.3 Å². The summed E-state index contributed by atoms with van der Waals surface area (Å²) in [6.45, 7) is 7.45. The van der Waals surface area contributed by atoms with Crippen molar-refractivity contribution in [1.82, 2.24) is 9.80 Å². The first-order valence-electron chi connectivity index (χ1n) is 10.2. The minimum atomic E-state index is -3.17. The van der Waals surface area contributed by atoms with Crippen LogP contribution in [-0.4, -0.2) is 72.7 Å². The van der Waals surface area contributed by atoms with Gasteiger partial charge in [0.2, 0.25) is 5.91 Å². The quantitative estimate of drug-likeness (QED) is 0.635. The number of carbonyl (C=O) groups excluding carboxylic acids is 3. The maximum absolute atomic E-state index is 13.1. The number of urea groups is 1. The average molecular weight is 436 g/mol. The molecule has 3 rings (SSSR count). The number of benzene rings is 1. The number of rotatable bonds is 6.